The van der Waals surface area contributed by atoms with E-state index in [-0.39, 0.29) is 30.4 Å². The summed E-state index contributed by atoms with van der Waals surface area (Å²) < 4.78 is 1.91. The summed E-state index contributed by atoms with van der Waals surface area (Å²) in [4.78, 5) is 12.4. The third-order valence-corrected chi connectivity index (χ3v) is 5.10. The van der Waals surface area contributed by atoms with Crippen molar-refractivity contribution in [2.75, 3.05) is 24.7 Å². The second kappa shape index (κ2) is 4.95. The van der Waals surface area contributed by atoms with Gasteiger partial charge in [-0.1, -0.05) is 0 Å². The third-order valence-electron chi connectivity index (χ3n) is 3.56. The average Bonchev–Trinajstić information content (AvgIpc) is 3.01. The molecule has 1 aliphatic heterocycles. The van der Waals surface area contributed by atoms with Gasteiger partial charge in [0.05, 0.1) is 11.7 Å². The van der Waals surface area contributed by atoms with Gasteiger partial charge in [0.1, 0.15) is 11.8 Å². The van der Waals surface area contributed by atoms with E-state index in [0.29, 0.717) is 17.0 Å². The SMILES string of the molecule is Nc1ncnc2c1ncn2[C@H]1SC[C@@H](CO)[C@@H]1CO. The third kappa shape index (κ3) is 1.96. The van der Waals surface area contributed by atoms with Crippen molar-refractivity contribution >= 4 is 28.7 Å². The predicted molar refractivity (Wildman–Crippen MR) is 72.4 cm³/mol. The number of fused-ring (bicyclic) bond motifs is 1. The fraction of sp³-hybridized carbons (Fsp3) is 0.545. The van der Waals surface area contributed by atoms with Crippen LogP contribution >= 0.6 is 11.8 Å². The van der Waals surface area contributed by atoms with Crippen molar-refractivity contribution in [1.29, 1.82) is 0 Å². The van der Waals surface area contributed by atoms with Gasteiger partial charge in [0.25, 0.3) is 0 Å². The number of aliphatic hydroxyl groups excluding tert-OH is 2. The van der Waals surface area contributed by atoms with E-state index in [1.807, 2.05) is 4.57 Å². The minimum absolute atomic E-state index is 0.0106. The van der Waals surface area contributed by atoms with E-state index >= 15 is 0 Å². The minimum Gasteiger partial charge on any atom is -0.396 e. The molecular formula is C11H15N5O2S. The Labute approximate surface area is 113 Å². The van der Waals surface area contributed by atoms with Crippen molar-refractivity contribution in [2.24, 2.45) is 11.8 Å². The first-order valence-electron chi connectivity index (χ1n) is 6.02. The number of thioether (sulfide) groups is 1. The Hall–Kier alpha value is -1.38. The standard InChI is InChI=1S/C11H15N5O2S/c12-9-8-10(14-4-13-9)16(5-15-8)11-7(2-18)6(1-17)3-19-11/h4-7,11,17-18H,1-3H2,(H2,12,13,14)/t6-,7+,11+/m1/s1. The molecule has 0 radical (unpaired) electrons. The van der Waals surface area contributed by atoms with E-state index < -0.39 is 0 Å². The van der Waals surface area contributed by atoms with Crippen LogP contribution in [0.3, 0.4) is 0 Å². The Kier molecular flexibility index (Phi) is 3.29. The molecule has 4 N–H and O–H groups in total. The quantitative estimate of drug-likeness (QED) is 0.718. The molecule has 0 spiro atoms. The summed E-state index contributed by atoms with van der Waals surface area (Å²) in [6, 6.07) is 0. The number of aliphatic hydroxyl groups is 2. The fourth-order valence-corrected chi connectivity index (χ4v) is 4.14. The topological polar surface area (TPSA) is 110 Å². The summed E-state index contributed by atoms with van der Waals surface area (Å²) >= 11 is 1.69. The van der Waals surface area contributed by atoms with E-state index in [9.17, 15) is 10.2 Å². The number of hydrogen-bond donors (Lipinski definition) is 3. The summed E-state index contributed by atoms with van der Waals surface area (Å²) in [5.41, 5.74) is 7.01. The molecule has 1 aliphatic rings. The lowest BCUT2D eigenvalue weighted by molar-refractivity contribution is 0.128. The smallest absolute Gasteiger partial charge is 0.166 e. The monoisotopic (exact) mass is 281 g/mol. The van der Waals surface area contributed by atoms with Crippen molar-refractivity contribution in [3.63, 3.8) is 0 Å². The van der Waals surface area contributed by atoms with Gasteiger partial charge < -0.3 is 20.5 Å². The maximum Gasteiger partial charge on any atom is 0.166 e. The van der Waals surface area contributed by atoms with Crippen LogP contribution in [0.15, 0.2) is 12.7 Å². The van der Waals surface area contributed by atoms with E-state index in [1.54, 1.807) is 18.1 Å². The molecule has 8 heteroatoms. The van der Waals surface area contributed by atoms with Crippen LogP contribution < -0.4 is 5.73 Å². The highest BCUT2D eigenvalue weighted by Crippen LogP contribution is 2.45. The van der Waals surface area contributed by atoms with Crippen LogP contribution in [0.4, 0.5) is 5.82 Å². The summed E-state index contributed by atoms with van der Waals surface area (Å²) in [7, 11) is 0. The van der Waals surface area contributed by atoms with Crippen molar-refractivity contribution in [1.82, 2.24) is 19.5 Å². The number of nitrogen functional groups attached to an aromatic ring is 1. The number of nitrogens with two attached hydrogens (primary N) is 1. The van der Waals surface area contributed by atoms with Gasteiger partial charge in [-0.2, -0.15) is 0 Å². The molecule has 3 heterocycles. The highest BCUT2D eigenvalue weighted by molar-refractivity contribution is 7.99. The maximum atomic E-state index is 9.55. The zero-order valence-electron chi connectivity index (χ0n) is 10.2. The lowest BCUT2D eigenvalue weighted by atomic mass is 9.95. The fourth-order valence-electron chi connectivity index (χ4n) is 2.47. The number of aromatic nitrogens is 4. The molecule has 7 nitrogen and oxygen atoms in total. The molecule has 3 atom stereocenters. The van der Waals surface area contributed by atoms with Gasteiger partial charge in [-0.15, -0.1) is 11.8 Å². The van der Waals surface area contributed by atoms with E-state index in [0.717, 1.165) is 5.75 Å². The van der Waals surface area contributed by atoms with E-state index in [4.69, 9.17) is 5.73 Å². The summed E-state index contributed by atoms with van der Waals surface area (Å²) in [6.45, 7) is 0.113. The summed E-state index contributed by atoms with van der Waals surface area (Å²) in [5.74, 6) is 1.25. The largest absolute Gasteiger partial charge is 0.396 e. The molecule has 0 bridgehead atoms. The predicted octanol–water partition coefficient (Wildman–Crippen LogP) is -0.129. The molecule has 1 fully saturated rings. The summed E-state index contributed by atoms with van der Waals surface area (Å²) in [6.07, 6.45) is 3.09. The molecule has 2 aromatic heterocycles. The number of hydrogen-bond acceptors (Lipinski definition) is 7. The lowest BCUT2D eigenvalue weighted by Crippen LogP contribution is -2.24. The molecule has 0 aliphatic carbocycles. The number of imidazole rings is 1. The van der Waals surface area contributed by atoms with Gasteiger partial charge in [0.15, 0.2) is 11.5 Å². The highest BCUT2D eigenvalue weighted by Gasteiger charge is 2.37. The number of nitrogens with zero attached hydrogens (tertiary/aromatic N) is 4. The molecule has 0 saturated carbocycles. The zero-order valence-corrected chi connectivity index (χ0v) is 11.0. The first kappa shape index (κ1) is 12.6. The van der Waals surface area contributed by atoms with E-state index in [1.165, 1.54) is 6.33 Å². The van der Waals surface area contributed by atoms with Crippen LogP contribution in [-0.4, -0.2) is 48.7 Å². The first-order valence-corrected chi connectivity index (χ1v) is 7.07. The second-order valence-electron chi connectivity index (χ2n) is 4.60. The normalized spacial score (nSPS) is 27.2. The molecule has 3 rings (SSSR count). The molecule has 0 unspecified atom stereocenters. The highest BCUT2D eigenvalue weighted by atomic mass is 32.2. The minimum atomic E-state index is -0.0106. The Balaban J connectivity index is 2.03. The summed E-state index contributed by atoms with van der Waals surface area (Å²) in [5, 5.41) is 18.9. The maximum absolute atomic E-state index is 9.55. The van der Waals surface area contributed by atoms with Crippen LogP contribution in [0.5, 0.6) is 0 Å². The van der Waals surface area contributed by atoms with Crippen LogP contribution in [0.1, 0.15) is 5.37 Å². The van der Waals surface area contributed by atoms with Crippen molar-refractivity contribution in [3.8, 4) is 0 Å². The van der Waals surface area contributed by atoms with Gasteiger partial charge in [0.2, 0.25) is 0 Å². The second-order valence-corrected chi connectivity index (χ2v) is 5.75. The Morgan fingerprint density at radius 3 is 2.89 bits per heavy atom. The Morgan fingerprint density at radius 1 is 1.32 bits per heavy atom. The molecule has 0 aromatic carbocycles. The molecule has 1 saturated heterocycles. The molecule has 19 heavy (non-hydrogen) atoms. The Morgan fingerprint density at radius 2 is 2.16 bits per heavy atom. The average molecular weight is 281 g/mol. The molecule has 2 aromatic rings. The lowest BCUT2D eigenvalue weighted by Gasteiger charge is -2.21. The van der Waals surface area contributed by atoms with Crippen molar-refractivity contribution in [2.45, 2.75) is 5.37 Å². The molecule has 102 valence electrons. The first-order chi connectivity index (χ1) is 9.26. The molecule has 0 amide bonds. The van der Waals surface area contributed by atoms with Gasteiger partial charge >= 0.3 is 0 Å². The van der Waals surface area contributed by atoms with Gasteiger partial charge in [-0.3, -0.25) is 0 Å². The Bertz CT molecular complexity index is 589. The van der Waals surface area contributed by atoms with Crippen LogP contribution in [0, 0.1) is 11.8 Å². The number of anilines is 1. The van der Waals surface area contributed by atoms with Gasteiger partial charge in [0, 0.05) is 24.9 Å². The van der Waals surface area contributed by atoms with Crippen LogP contribution in [-0.2, 0) is 0 Å². The van der Waals surface area contributed by atoms with Gasteiger partial charge in [-0.25, -0.2) is 15.0 Å². The van der Waals surface area contributed by atoms with E-state index in [2.05, 4.69) is 15.0 Å². The number of rotatable bonds is 3. The zero-order chi connectivity index (χ0) is 13.4. The van der Waals surface area contributed by atoms with Crippen LogP contribution in [0.2, 0.25) is 0 Å². The van der Waals surface area contributed by atoms with Gasteiger partial charge in [-0.05, 0) is 5.92 Å². The van der Waals surface area contributed by atoms with Crippen LogP contribution in [0.25, 0.3) is 11.2 Å². The van der Waals surface area contributed by atoms with Crippen molar-refractivity contribution in [3.05, 3.63) is 12.7 Å². The molecular weight excluding hydrogens is 266 g/mol. The van der Waals surface area contributed by atoms with Crippen molar-refractivity contribution < 1.29 is 10.2 Å².